The maximum atomic E-state index is 13.7. The standard InChI is InChI=1S/C26H19FN2O2S/c27-21-11-13-23-24(15-21)32-26(28-23)29(16-18-6-2-1-3-7-18)25(30)17-31-22-12-10-19-8-4-5-9-20(19)14-22/h1-15H,16-17H2. The molecule has 5 aromatic rings. The van der Waals surface area contributed by atoms with Crippen molar-refractivity contribution in [2.24, 2.45) is 0 Å². The van der Waals surface area contributed by atoms with E-state index in [1.807, 2.05) is 72.8 Å². The molecule has 4 aromatic carbocycles. The van der Waals surface area contributed by atoms with Crippen LogP contribution in [0.25, 0.3) is 21.0 Å². The van der Waals surface area contributed by atoms with Crippen LogP contribution < -0.4 is 9.64 Å². The van der Waals surface area contributed by atoms with Crippen molar-refractivity contribution in [3.63, 3.8) is 0 Å². The smallest absolute Gasteiger partial charge is 0.267 e. The summed E-state index contributed by atoms with van der Waals surface area (Å²) in [6.07, 6.45) is 0. The summed E-state index contributed by atoms with van der Waals surface area (Å²) < 4.78 is 20.2. The van der Waals surface area contributed by atoms with Gasteiger partial charge in [0.1, 0.15) is 11.6 Å². The number of aromatic nitrogens is 1. The Morgan fingerprint density at radius 2 is 1.69 bits per heavy atom. The number of anilines is 1. The molecular formula is C26H19FN2O2S. The summed E-state index contributed by atoms with van der Waals surface area (Å²) in [6.45, 7) is 0.221. The van der Waals surface area contributed by atoms with Gasteiger partial charge in [0, 0.05) is 0 Å². The highest BCUT2D eigenvalue weighted by Gasteiger charge is 2.21. The monoisotopic (exact) mass is 442 g/mol. The van der Waals surface area contributed by atoms with E-state index in [1.165, 1.54) is 23.5 Å². The predicted molar refractivity (Wildman–Crippen MR) is 127 cm³/mol. The van der Waals surface area contributed by atoms with Gasteiger partial charge in [-0.1, -0.05) is 72.0 Å². The molecule has 4 nitrogen and oxygen atoms in total. The Bertz CT molecular complexity index is 1400. The Hall–Kier alpha value is -3.77. The summed E-state index contributed by atoms with van der Waals surface area (Å²) in [5.74, 6) is 0.0814. The lowest BCUT2D eigenvalue weighted by atomic mass is 10.1. The Labute approximate surface area is 188 Å². The van der Waals surface area contributed by atoms with E-state index in [0.29, 0.717) is 27.6 Å². The van der Waals surface area contributed by atoms with Crippen molar-refractivity contribution in [1.82, 2.24) is 4.98 Å². The molecule has 5 rings (SSSR count). The molecule has 6 heteroatoms. The molecule has 0 unspecified atom stereocenters. The molecule has 0 bridgehead atoms. The van der Waals surface area contributed by atoms with E-state index in [9.17, 15) is 9.18 Å². The zero-order chi connectivity index (χ0) is 21.9. The Morgan fingerprint density at radius 3 is 2.53 bits per heavy atom. The molecule has 32 heavy (non-hydrogen) atoms. The van der Waals surface area contributed by atoms with E-state index in [0.717, 1.165) is 16.3 Å². The Morgan fingerprint density at radius 1 is 0.906 bits per heavy atom. The normalized spacial score (nSPS) is 11.0. The minimum atomic E-state index is -0.326. The van der Waals surface area contributed by atoms with Gasteiger partial charge in [0.25, 0.3) is 5.91 Å². The second kappa shape index (κ2) is 8.77. The number of thiazole rings is 1. The molecule has 0 saturated carbocycles. The summed E-state index contributed by atoms with van der Waals surface area (Å²) in [5.41, 5.74) is 1.63. The molecule has 0 fully saturated rings. The molecule has 1 amide bonds. The molecule has 1 heterocycles. The summed E-state index contributed by atoms with van der Waals surface area (Å²) in [5, 5.41) is 2.67. The molecule has 0 radical (unpaired) electrons. The number of halogens is 1. The van der Waals surface area contributed by atoms with Gasteiger partial charge in [-0.3, -0.25) is 9.69 Å². The lowest BCUT2D eigenvalue weighted by molar-refractivity contribution is -0.120. The van der Waals surface area contributed by atoms with Gasteiger partial charge in [-0.25, -0.2) is 9.37 Å². The average molecular weight is 443 g/mol. The Kier molecular flexibility index (Phi) is 5.52. The van der Waals surface area contributed by atoms with E-state index in [1.54, 1.807) is 11.0 Å². The average Bonchev–Trinajstić information content (AvgIpc) is 3.24. The quantitative estimate of drug-likeness (QED) is 0.314. The van der Waals surface area contributed by atoms with Crippen LogP contribution in [-0.4, -0.2) is 17.5 Å². The summed E-state index contributed by atoms with van der Waals surface area (Å²) in [7, 11) is 0. The lowest BCUT2D eigenvalue weighted by Crippen LogP contribution is -2.34. The van der Waals surface area contributed by atoms with Crippen LogP contribution in [0, 0.1) is 5.82 Å². The van der Waals surface area contributed by atoms with Crippen LogP contribution in [0.15, 0.2) is 91.0 Å². The SMILES string of the molecule is O=C(COc1ccc2ccccc2c1)N(Cc1ccccc1)c1nc2ccc(F)cc2s1. The van der Waals surface area contributed by atoms with Crippen molar-refractivity contribution in [2.75, 3.05) is 11.5 Å². The predicted octanol–water partition coefficient (Wildman–Crippen LogP) is 6.20. The number of ether oxygens (including phenoxy) is 1. The molecule has 0 saturated heterocycles. The van der Waals surface area contributed by atoms with Crippen LogP contribution in [0.2, 0.25) is 0 Å². The van der Waals surface area contributed by atoms with E-state index in [-0.39, 0.29) is 18.3 Å². The van der Waals surface area contributed by atoms with E-state index < -0.39 is 0 Å². The van der Waals surface area contributed by atoms with Crippen molar-refractivity contribution in [3.05, 3.63) is 102 Å². The number of carbonyl (C=O) groups is 1. The molecule has 0 aliphatic carbocycles. The van der Waals surface area contributed by atoms with Crippen LogP contribution in [0.1, 0.15) is 5.56 Å². The van der Waals surface area contributed by atoms with Crippen LogP contribution >= 0.6 is 11.3 Å². The van der Waals surface area contributed by atoms with Crippen LogP contribution in [-0.2, 0) is 11.3 Å². The number of carbonyl (C=O) groups excluding carboxylic acids is 1. The van der Waals surface area contributed by atoms with Crippen LogP contribution in [0.3, 0.4) is 0 Å². The largest absolute Gasteiger partial charge is 0.484 e. The molecule has 0 atom stereocenters. The molecular weight excluding hydrogens is 423 g/mol. The van der Waals surface area contributed by atoms with Gasteiger partial charge in [-0.05, 0) is 46.7 Å². The fraction of sp³-hybridized carbons (Fsp3) is 0.0769. The molecule has 0 N–H and O–H groups in total. The first-order valence-electron chi connectivity index (χ1n) is 10.2. The third kappa shape index (κ3) is 4.31. The maximum Gasteiger partial charge on any atom is 0.267 e. The highest BCUT2D eigenvalue weighted by molar-refractivity contribution is 7.22. The summed E-state index contributed by atoms with van der Waals surface area (Å²) in [6, 6.07) is 27.9. The minimum Gasteiger partial charge on any atom is -0.484 e. The van der Waals surface area contributed by atoms with E-state index in [4.69, 9.17) is 4.74 Å². The van der Waals surface area contributed by atoms with Gasteiger partial charge >= 0.3 is 0 Å². The van der Waals surface area contributed by atoms with Crippen molar-refractivity contribution in [3.8, 4) is 5.75 Å². The first kappa shape index (κ1) is 20.2. The zero-order valence-corrected chi connectivity index (χ0v) is 17.9. The number of rotatable bonds is 6. The molecule has 1 aromatic heterocycles. The van der Waals surface area contributed by atoms with Crippen LogP contribution in [0.4, 0.5) is 9.52 Å². The number of fused-ring (bicyclic) bond motifs is 2. The van der Waals surface area contributed by atoms with Crippen molar-refractivity contribution in [2.45, 2.75) is 6.54 Å². The molecule has 0 aliphatic heterocycles. The van der Waals surface area contributed by atoms with Gasteiger partial charge in [-0.2, -0.15) is 0 Å². The third-order valence-electron chi connectivity index (χ3n) is 5.14. The fourth-order valence-corrected chi connectivity index (χ4v) is 4.52. The molecule has 0 aliphatic rings. The number of nitrogens with zero attached hydrogens (tertiary/aromatic N) is 2. The molecule has 158 valence electrons. The zero-order valence-electron chi connectivity index (χ0n) is 17.1. The number of hydrogen-bond donors (Lipinski definition) is 0. The van der Waals surface area contributed by atoms with E-state index >= 15 is 0 Å². The Balaban J connectivity index is 1.41. The number of hydrogen-bond acceptors (Lipinski definition) is 4. The summed E-state index contributed by atoms with van der Waals surface area (Å²) >= 11 is 1.29. The third-order valence-corrected chi connectivity index (χ3v) is 6.18. The van der Waals surface area contributed by atoms with Gasteiger partial charge in [0.05, 0.1) is 16.8 Å². The highest BCUT2D eigenvalue weighted by Crippen LogP contribution is 2.30. The van der Waals surface area contributed by atoms with Gasteiger partial charge in [0.2, 0.25) is 0 Å². The second-order valence-electron chi connectivity index (χ2n) is 7.37. The van der Waals surface area contributed by atoms with Crippen molar-refractivity contribution < 1.29 is 13.9 Å². The fourth-order valence-electron chi connectivity index (χ4n) is 3.51. The van der Waals surface area contributed by atoms with Gasteiger partial charge < -0.3 is 4.74 Å². The van der Waals surface area contributed by atoms with Crippen LogP contribution in [0.5, 0.6) is 5.75 Å². The number of benzene rings is 4. The number of amides is 1. The van der Waals surface area contributed by atoms with E-state index in [2.05, 4.69) is 4.98 Å². The lowest BCUT2D eigenvalue weighted by Gasteiger charge is -2.20. The minimum absolute atomic E-state index is 0.130. The molecule has 0 spiro atoms. The first-order chi connectivity index (χ1) is 15.7. The second-order valence-corrected chi connectivity index (χ2v) is 8.38. The van der Waals surface area contributed by atoms with Gasteiger partial charge in [0.15, 0.2) is 11.7 Å². The highest BCUT2D eigenvalue weighted by atomic mass is 32.1. The van der Waals surface area contributed by atoms with Gasteiger partial charge in [-0.15, -0.1) is 0 Å². The maximum absolute atomic E-state index is 13.7. The van der Waals surface area contributed by atoms with Crippen molar-refractivity contribution in [1.29, 1.82) is 0 Å². The topological polar surface area (TPSA) is 42.4 Å². The van der Waals surface area contributed by atoms with Crippen molar-refractivity contribution >= 4 is 43.4 Å². The first-order valence-corrected chi connectivity index (χ1v) is 11.0. The summed E-state index contributed by atoms with van der Waals surface area (Å²) in [4.78, 5) is 19.4.